The van der Waals surface area contributed by atoms with E-state index in [2.05, 4.69) is 11.4 Å². The minimum absolute atomic E-state index is 0.0734. The van der Waals surface area contributed by atoms with Crippen LogP contribution in [0.3, 0.4) is 0 Å². The third kappa shape index (κ3) is 4.23. The van der Waals surface area contributed by atoms with E-state index in [1.54, 1.807) is 18.8 Å². The van der Waals surface area contributed by atoms with Gasteiger partial charge in [-0.15, -0.1) is 0 Å². The van der Waals surface area contributed by atoms with E-state index in [4.69, 9.17) is 0 Å². The first-order chi connectivity index (χ1) is 12.2. The van der Waals surface area contributed by atoms with Gasteiger partial charge in [-0.05, 0) is 35.7 Å². The number of para-hydroxylation sites is 1. The van der Waals surface area contributed by atoms with E-state index >= 15 is 0 Å². The molecule has 3 rings (SSSR count). The van der Waals surface area contributed by atoms with E-state index in [0.717, 1.165) is 35.7 Å². The van der Waals surface area contributed by atoms with Crippen molar-refractivity contribution < 1.29 is 9.59 Å². The minimum atomic E-state index is -0.0734. The molecule has 0 spiro atoms. The molecule has 0 fully saturated rings. The summed E-state index contributed by atoms with van der Waals surface area (Å²) in [7, 11) is 1.63. The van der Waals surface area contributed by atoms with Crippen LogP contribution in [0.2, 0.25) is 0 Å². The summed E-state index contributed by atoms with van der Waals surface area (Å²) in [5.74, 6) is 1.77. The number of carbonyl (C=O) groups excluding carboxylic acids is 2. The van der Waals surface area contributed by atoms with Crippen LogP contribution in [0, 0.1) is 0 Å². The number of rotatable bonds is 6. The fourth-order valence-electron chi connectivity index (χ4n) is 2.98. The number of amides is 2. The average Bonchev–Trinajstić information content (AvgIpc) is 3.09. The molecule has 0 bridgehead atoms. The van der Waals surface area contributed by atoms with Gasteiger partial charge in [0.05, 0.1) is 0 Å². The van der Waals surface area contributed by atoms with Crippen LogP contribution in [-0.2, 0) is 17.0 Å². The molecule has 1 N–H and O–H groups in total. The molecule has 5 heteroatoms. The van der Waals surface area contributed by atoms with E-state index in [0.29, 0.717) is 12.0 Å². The lowest BCUT2D eigenvalue weighted by Gasteiger charge is -2.17. The van der Waals surface area contributed by atoms with Crippen molar-refractivity contribution in [3.05, 3.63) is 65.2 Å². The summed E-state index contributed by atoms with van der Waals surface area (Å²) in [5, 5.41) is 2.61. The fourth-order valence-corrected chi connectivity index (χ4v) is 3.87. The topological polar surface area (TPSA) is 49.4 Å². The highest BCUT2D eigenvalue weighted by atomic mass is 32.2. The second kappa shape index (κ2) is 8.21. The second-order valence-electron chi connectivity index (χ2n) is 6.00. The van der Waals surface area contributed by atoms with Crippen molar-refractivity contribution in [3.8, 4) is 0 Å². The summed E-state index contributed by atoms with van der Waals surface area (Å²) in [6.45, 7) is 0.795. The molecule has 0 saturated heterocycles. The van der Waals surface area contributed by atoms with Crippen LogP contribution in [0.4, 0.5) is 5.69 Å². The summed E-state index contributed by atoms with van der Waals surface area (Å²) in [5.41, 5.74) is 4.16. The fraction of sp³-hybridized carbons (Fsp3) is 0.300. The van der Waals surface area contributed by atoms with Crippen LogP contribution >= 0.6 is 11.8 Å². The number of hydrogen-bond acceptors (Lipinski definition) is 3. The average molecular weight is 354 g/mol. The van der Waals surface area contributed by atoms with Crippen molar-refractivity contribution >= 4 is 29.3 Å². The lowest BCUT2D eigenvalue weighted by molar-refractivity contribution is -0.118. The van der Waals surface area contributed by atoms with Crippen molar-refractivity contribution in [2.24, 2.45) is 0 Å². The minimum Gasteiger partial charge on any atom is -0.355 e. The number of nitrogens with one attached hydrogen (secondary N) is 1. The van der Waals surface area contributed by atoms with Crippen molar-refractivity contribution in [2.45, 2.75) is 18.6 Å². The number of fused-ring (bicyclic) bond motifs is 1. The molecule has 0 radical (unpaired) electrons. The smallest absolute Gasteiger partial charge is 0.251 e. The van der Waals surface area contributed by atoms with E-state index in [1.165, 1.54) is 5.56 Å². The predicted octanol–water partition coefficient (Wildman–Crippen LogP) is 3.26. The Labute approximate surface area is 152 Å². The molecule has 0 aromatic heterocycles. The molecule has 4 nitrogen and oxygen atoms in total. The third-order valence-corrected chi connectivity index (χ3v) is 5.39. The van der Waals surface area contributed by atoms with Crippen LogP contribution in [-0.4, -0.2) is 31.2 Å². The summed E-state index contributed by atoms with van der Waals surface area (Å²) in [6.07, 6.45) is 1.50. The SMILES string of the molecule is CNC(=O)c1ccc(CSCCC(=O)N2CCc3ccccc32)cc1. The molecular formula is C20H22N2O2S. The van der Waals surface area contributed by atoms with Crippen molar-refractivity contribution in [1.29, 1.82) is 0 Å². The third-order valence-electron chi connectivity index (χ3n) is 4.36. The van der Waals surface area contributed by atoms with Crippen molar-refractivity contribution in [2.75, 3.05) is 24.2 Å². The first-order valence-electron chi connectivity index (χ1n) is 8.46. The Kier molecular flexibility index (Phi) is 5.76. The number of thioether (sulfide) groups is 1. The van der Waals surface area contributed by atoms with Gasteiger partial charge >= 0.3 is 0 Å². The number of benzene rings is 2. The van der Waals surface area contributed by atoms with E-state index in [9.17, 15) is 9.59 Å². The Bertz CT molecular complexity index is 759. The molecule has 25 heavy (non-hydrogen) atoms. The molecule has 2 aromatic rings. The van der Waals surface area contributed by atoms with E-state index < -0.39 is 0 Å². The number of anilines is 1. The first-order valence-corrected chi connectivity index (χ1v) is 9.61. The Hall–Kier alpha value is -2.27. The van der Waals surface area contributed by atoms with Gasteiger partial charge in [-0.2, -0.15) is 11.8 Å². The summed E-state index contributed by atoms with van der Waals surface area (Å²) in [6, 6.07) is 15.7. The normalized spacial score (nSPS) is 12.8. The first kappa shape index (κ1) is 17.5. The molecule has 2 aromatic carbocycles. The highest BCUT2D eigenvalue weighted by Crippen LogP contribution is 2.28. The molecule has 0 saturated carbocycles. The lowest BCUT2D eigenvalue weighted by Crippen LogP contribution is -2.29. The molecule has 1 aliphatic rings. The van der Waals surface area contributed by atoms with Gasteiger partial charge in [0.2, 0.25) is 5.91 Å². The molecule has 0 atom stereocenters. The number of hydrogen-bond donors (Lipinski definition) is 1. The maximum atomic E-state index is 12.4. The Morgan fingerprint density at radius 2 is 1.88 bits per heavy atom. The van der Waals surface area contributed by atoms with Crippen molar-refractivity contribution in [3.63, 3.8) is 0 Å². The summed E-state index contributed by atoms with van der Waals surface area (Å²) < 4.78 is 0. The maximum Gasteiger partial charge on any atom is 0.251 e. The highest BCUT2D eigenvalue weighted by molar-refractivity contribution is 7.98. The predicted molar refractivity (Wildman–Crippen MR) is 103 cm³/mol. The summed E-state index contributed by atoms with van der Waals surface area (Å²) >= 11 is 1.75. The number of carbonyl (C=O) groups is 2. The molecule has 1 heterocycles. The van der Waals surface area contributed by atoms with Gasteiger partial charge in [-0.1, -0.05) is 30.3 Å². The summed E-state index contributed by atoms with van der Waals surface area (Å²) in [4.78, 5) is 25.9. The molecule has 2 amide bonds. The van der Waals surface area contributed by atoms with Gasteiger partial charge in [0.15, 0.2) is 0 Å². The van der Waals surface area contributed by atoms with Gasteiger partial charge in [0, 0.05) is 42.8 Å². The standard InChI is InChI=1S/C20H22N2O2S/c1-21-20(24)17-8-6-15(7-9-17)14-25-13-11-19(23)22-12-10-16-4-2-3-5-18(16)22/h2-9H,10-14H2,1H3,(H,21,24). The molecule has 0 aliphatic carbocycles. The Balaban J connectivity index is 1.44. The highest BCUT2D eigenvalue weighted by Gasteiger charge is 2.23. The van der Waals surface area contributed by atoms with Crippen LogP contribution in [0.15, 0.2) is 48.5 Å². The molecule has 0 unspecified atom stereocenters. The zero-order valence-electron chi connectivity index (χ0n) is 14.3. The van der Waals surface area contributed by atoms with Crippen LogP contribution in [0.5, 0.6) is 0 Å². The van der Waals surface area contributed by atoms with Gasteiger partial charge in [0.1, 0.15) is 0 Å². The molecule has 1 aliphatic heterocycles. The number of nitrogens with zero attached hydrogens (tertiary/aromatic N) is 1. The van der Waals surface area contributed by atoms with Gasteiger partial charge in [-0.25, -0.2) is 0 Å². The van der Waals surface area contributed by atoms with Gasteiger partial charge in [-0.3, -0.25) is 9.59 Å². The Morgan fingerprint density at radius 3 is 2.64 bits per heavy atom. The van der Waals surface area contributed by atoms with Gasteiger partial charge in [0.25, 0.3) is 5.91 Å². The lowest BCUT2D eigenvalue weighted by atomic mass is 10.1. The zero-order valence-corrected chi connectivity index (χ0v) is 15.1. The molecular weight excluding hydrogens is 332 g/mol. The van der Waals surface area contributed by atoms with Crippen LogP contribution < -0.4 is 10.2 Å². The quantitative estimate of drug-likeness (QED) is 0.810. The van der Waals surface area contributed by atoms with Crippen molar-refractivity contribution in [1.82, 2.24) is 5.32 Å². The van der Waals surface area contributed by atoms with E-state index in [1.807, 2.05) is 47.4 Å². The van der Waals surface area contributed by atoms with Crippen LogP contribution in [0.25, 0.3) is 0 Å². The van der Waals surface area contributed by atoms with Crippen LogP contribution in [0.1, 0.15) is 27.9 Å². The largest absolute Gasteiger partial charge is 0.355 e. The maximum absolute atomic E-state index is 12.4. The van der Waals surface area contributed by atoms with E-state index in [-0.39, 0.29) is 11.8 Å². The zero-order chi connectivity index (χ0) is 17.6. The molecule has 130 valence electrons. The second-order valence-corrected chi connectivity index (χ2v) is 7.11. The van der Waals surface area contributed by atoms with Gasteiger partial charge < -0.3 is 10.2 Å². The Morgan fingerprint density at radius 1 is 1.12 bits per heavy atom. The monoisotopic (exact) mass is 354 g/mol.